The minimum absolute atomic E-state index is 0.0222. The minimum Gasteiger partial charge on any atom is -0.481 e. The van der Waals surface area contributed by atoms with Crippen molar-refractivity contribution in [2.45, 2.75) is 19.3 Å². The second-order valence-electron chi connectivity index (χ2n) is 5.22. The molecule has 1 aromatic carbocycles. The van der Waals surface area contributed by atoms with Crippen molar-refractivity contribution in [3.05, 3.63) is 41.3 Å². The molecule has 6 heteroatoms. The summed E-state index contributed by atoms with van der Waals surface area (Å²) in [7, 11) is -3.49. The van der Waals surface area contributed by atoms with E-state index >= 15 is 0 Å². The summed E-state index contributed by atoms with van der Waals surface area (Å²) in [5.41, 5.74) is 0.820. The number of sulfonamides is 1. The number of carboxylic acids is 1. The van der Waals surface area contributed by atoms with Crippen LogP contribution in [-0.2, 0) is 14.8 Å². The Morgan fingerprint density at radius 1 is 1.33 bits per heavy atom. The number of carboxylic acid groups (broad SMARTS) is 1. The topological polar surface area (TPSA) is 74.7 Å². The maximum absolute atomic E-state index is 12.3. The molecule has 0 amide bonds. The molecule has 1 N–H and O–H groups in total. The maximum Gasteiger partial charge on any atom is 0.303 e. The summed E-state index contributed by atoms with van der Waals surface area (Å²) in [6.07, 6.45) is 3.06. The summed E-state index contributed by atoms with van der Waals surface area (Å²) in [6.45, 7) is 0.741. The summed E-state index contributed by atoms with van der Waals surface area (Å²) >= 11 is 0. The Morgan fingerprint density at radius 3 is 2.71 bits per heavy atom. The first kappa shape index (κ1) is 15.7. The van der Waals surface area contributed by atoms with Crippen LogP contribution < -0.4 is 0 Å². The van der Waals surface area contributed by atoms with Gasteiger partial charge >= 0.3 is 5.97 Å². The van der Waals surface area contributed by atoms with Gasteiger partial charge in [0.15, 0.2) is 0 Å². The molecule has 0 aromatic heterocycles. The molecule has 5 nitrogen and oxygen atoms in total. The van der Waals surface area contributed by atoms with Gasteiger partial charge < -0.3 is 5.11 Å². The van der Waals surface area contributed by atoms with Crippen LogP contribution in [0, 0.1) is 5.92 Å². The Hall–Kier alpha value is -1.66. The molecule has 0 aliphatic carbocycles. The molecule has 1 heterocycles. The number of carbonyl (C=O) groups is 1. The van der Waals surface area contributed by atoms with Gasteiger partial charge in [-0.05, 0) is 30.4 Å². The lowest BCUT2D eigenvalue weighted by Crippen LogP contribution is -2.39. The van der Waals surface area contributed by atoms with Crippen LogP contribution in [0.15, 0.2) is 35.7 Å². The van der Waals surface area contributed by atoms with Crippen molar-refractivity contribution in [2.75, 3.05) is 13.1 Å². The Balaban J connectivity index is 2.05. The highest BCUT2D eigenvalue weighted by Crippen LogP contribution is 2.22. The van der Waals surface area contributed by atoms with Crippen molar-refractivity contribution in [2.24, 2.45) is 5.92 Å². The van der Waals surface area contributed by atoms with Crippen molar-refractivity contribution in [1.82, 2.24) is 4.31 Å². The van der Waals surface area contributed by atoms with Crippen LogP contribution in [-0.4, -0.2) is 36.9 Å². The van der Waals surface area contributed by atoms with Gasteiger partial charge in [0.1, 0.15) is 0 Å². The predicted octanol–water partition coefficient (Wildman–Crippen LogP) is 2.17. The summed E-state index contributed by atoms with van der Waals surface area (Å²) in [5.74, 6) is -0.977. The quantitative estimate of drug-likeness (QED) is 0.904. The third-order valence-corrected chi connectivity index (χ3v) is 5.07. The zero-order chi connectivity index (χ0) is 15.3. The molecule has 1 fully saturated rings. The monoisotopic (exact) mass is 309 g/mol. The average molecular weight is 309 g/mol. The average Bonchev–Trinajstić information content (AvgIpc) is 2.46. The van der Waals surface area contributed by atoms with Gasteiger partial charge in [-0.2, -0.15) is 4.31 Å². The lowest BCUT2D eigenvalue weighted by Gasteiger charge is -2.30. The number of benzene rings is 1. The summed E-state index contributed by atoms with van der Waals surface area (Å²) in [4.78, 5) is 10.8. The van der Waals surface area contributed by atoms with Crippen LogP contribution in [0.3, 0.4) is 0 Å². The molecule has 0 radical (unpaired) electrons. The van der Waals surface area contributed by atoms with Crippen LogP contribution in [0.2, 0.25) is 0 Å². The number of aliphatic carboxylic acids is 1. The van der Waals surface area contributed by atoms with Gasteiger partial charge in [0.05, 0.1) is 0 Å². The first-order valence-corrected chi connectivity index (χ1v) is 8.43. The number of rotatable bonds is 5. The fraction of sp³-hybridized carbons (Fsp3) is 0.400. The molecule has 114 valence electrons. The molecule has 21 heavy (non-hydrogen) atoms. The molecule has 1 aliphatic heterocycles. The van der Waals surface area contributed by atoms with Gasteiger partial charge in [-0.3, -0.25) is 4.79 Å². The zero-order valence-corrected chi connectivity index (χ0v) is 12.5. The van der Waals surface area contributed by atoms with Gasteiger partial charge in [-0.15, -0.1) is 0 Å². The van der Waals surface area contributed by atoms with E-state index < -0.39 is 16.0 Å². The molecule has 1 atom stereocenters. The molecule has 0 spiro atoms. The molecule has 1 saturated heterocycles. The number of hydrogen-bond acceptors (Lipinski definition) is 3. The van der Waals surface area contributed by atoms with Gasteiger partial charge in [-0.25, -0.2) is 8.42 Å². The van der Waals surface area contributed by atoms with E-state index in [0.29, 0.717) is 13.0 Å². The van der Waals surface area contributed by atoms with Gasteiger partial charge in [0.25, 0.3) is 0 Å². The molecule has 1 aliphatic rings. The predicted molar refractivity (Wildman–Crippen MR) is 80.9 cm³/mol. The van der Waals surface area contributed by atoms with Crippen molar-refractivity contribution >= 4 is 22.1 Å². The first-order chi connectivity index (χ1) is 9.97. The van der Waals surface area contributed by atoms with E-state index in [4.69, 9.17) is 5.11 Å². The Bertz CT molecular complexity index is 610. The fourth-order valence-corrected chi connectivity index (χ4v) is 3.79. The van der Waals surface area contributed by atoms with E-state index in [2.05, 4.69) is 0 Å². The van der Waals surface area contributed by atoms with E-state index in [1.165, 1.54) is 9.71 Å². The third-order valence-electron chi connectivity index (χ3n) is 3.54. The first-order valence-electron chi connectivity index (χ1n) is 6.92. The molecule has 1 aromatic rings. The highest BCUT2D eigenvalue weighted by atomic mass is 32.2. The van der Waals surface area contributed by atoms with Crippen molar-refractivity contribution in [3.63, 3.8) is 0 Å². The van der Waals surface area contributed by atoms with E-state index in [0.717, 1.165) is 12.0 Å². The summed E-state index contributed by atoms with van der Waals surface area (Å²) in [6, 6.07) is 9.21. The fourth-order valence-electron chi connectivity index (χ4n) is 2.49. The van der Waals surface area contributed by atoms with E-state index in [9.17, 15) is 13.2 Å². The highest BCUT2D eigenvalue weighted by Gasteiger charge is 2.28. The van der Waals surface area contributed by atoms with Crippen LogP contribution >= 0.6 is 0 Å². The summed E-state index contributed by atoms with van der Waals surface area (Å²) in [5, 5.41) is 10.0. The Kier molecular flexibility index (Phi) is 5.14. The van der Waals surface area contributed by atoms with Crippen molar-refractivity contribution in [1.29, 1.82) is 0 Å². The second-order valence-corrected chi connectivity index (χ2v) is 7.04. The highest BCUT2D eigenvalue weighted by molar-refractivity contribution is 7.92. The number of hydrogen-bond donors (Lipinski definition) is 1. The number of piperidine rings is 1. The second kappa shape index (κ2) is 6.87. The smallest absolute Gasteiger partial charge is 0.303 e. The third kappa shape index (κ3) is 4.68. The lowest BCUT2D eigenvalue weighted by atomic mass is 9.96. The van der Waals surface area contributed by atoms with Crippen LogP contribution in [0.25, 0.3) is 6.08 Å². The van der Waals surface area contributed by atoms with E-state index in [1.54, 1.807) is 6.08 Å². The van der Waals surface area contributed by atoms with Crippen molar-refractivity contribution in [3.8, 4) is 0 Å². The van der Waals surface area contributed by atoms with Crippen molar-refractivity contribution < 1.29 is 18.3 Å². The lowest BCUT2D eigenvalue weighted by molar-refractivity contribution is -0.138. The van der Waals surface area contributed by atoms with Gasteiger partial charge in [0.2, 0.25) is 10.0 Å². The Morgan fingerprint density at radius 2 is 2.05 bits per heavy atom. The number of nitrogens with zero attached hydrogens (tertiary/aromatic N) is 1. The largest absolute Gasteiger partial charge is 0.481 e. The SMILES string of the molecule is O=C(O)CC1CCCN(S(=O)(=O)C=Cc2ccccc2)C1. The van der Waals surface area contributed by atoms with Crippen LogP contribution in [0.4, 0.5) is 0 Å². The normalized spacial score (nSPS) is 20.7. The Labute approximate surface area is 124 Å². The molecular formula is C15H19NO4S. The minimum atomic E-state index is -3.49. The molecular weight excluding hydrogens is 290 g/mol. The van der Waals surface area contributed by atoms with Crippen LogP contribution in [0.5, 0.6) is 0 Å². The van der Waals surface area contributed by atoms with E-state index in [1.807, 2.05) is 30.3 Å². The van der Waals surface area contributed by atoms with Gasteiger partial charge in [0, 0.05) is 24.9 Å². The molecule has 0 bridgehead atoms. The zero-order valence-electron chi connectivity index (χ0n) is 11.7. The molecule has 2 rings (SSSR count). The standard InChI is InChI=1S/C15H19NO4S/c17-15(18)11-14-7-4-9-16(12-14)21(19,20)10-8-13-5-2-1-3-6-13/h1-3,5-6,8,10,14H,4,7,9,11-12H2,(H,17,18). The molecule has 0 saturated carbocycles. The van der Waals surface area contributed by atoms with E-state index in [-0.39, 0.29) is 18.9 Å². The molecule has 1 unspecified atom stereocenters. The van der Waals surface area contributed by atoms with Gasteiger partial charge in [-0.1, -0.05) is 30.3 Å². The van der Waals surface area contributed by atoms with Crippen LogP contribution in [0.1, 0.15) is 24.8 Å². The maximum atomic E-state index is 12.3. The summed E-state index contributed by atoms with van der Waals surface area (Å²) < 4.78 is 25.9.